The SMILES string of the molecule is Cc1nnc([C@H]2CN(Cc3cccnc3)C[C@@H]2CNC(=O)c2ccccc2)o1. The van der Waals surface area contributed by atoms with Gasteiger partial charge in [0.05, 0.1) is 5.92 Å². The van der Waals surface area contributed by atoms with E-state index in [0.29, 0.717) is 23.9 Å². The van der Waals surface area contributed by atoms with Gasteiger partial charge in [-0.05, 0) is 23.8 Å². The number of nitrogens with zero attached hydrogens (tertiary/aromatic N) is 4. The molecule has 28 heavy (non-hydrogen) atoms. The number of amides is 1. The fourth-order valence-electron chi connectivity index (χ4n) is 3.70. The molecule has 2 atom stereocenters. The first-order valence-electron chi connectivity index (χ1n) is 9.43. The molecule has 1 aliphatic rings. The molecular formula is C21H23N5O2. The lowest BCUT2D eigenvalue weighted by molar-refractivity contribution is 0.0945. The first kappa shape index (κ1) is 18.3. The Bertz CT molecular complexity index is 913. The van der Waals surface area contributed by atoms with E-state index in [-0.39, 0.29) is 17.7 Å². The van der Waals surface area contributed by atoms with Crippen molar-refractivity contribution in [3.05, 3.63) is 77.8 Å². The summed E-state index contributed by atoms with van der Waals surface area (Å²) in [5.41, 5.74) is 1.83. The topological polar surface area (TPSA) is 84.2 Å². The van der Waals surface area contributed by atoms with Gasteiger partial charge in [-0.25, -0.2) is 0 Å². The van der Waals surface area contributed by atoms with Crippen LogP contribution in [0.4, 0.5) is 0 Å². The number of carbonyl (C=O) groups excluding carboxylic acids is 1. The Balaban J connectivity index is 1.45. The van der Waals surface area contributed by atoms with Crippen LogP contribution in [0.25, 0.3) is 0 Å². The van der Waals surface area contributed by atoms with Gasteiger partial charge < -0.3 is 9.73 Å². The Hall–Kier alpha value is -3.06. The Morgan fingerprint density at radius 2 is 2.04 bits per heavy atom. The highest BCUT2D eigenvalue weighted by Gasteiger charge is 2.37. The number of carbonyl (C=O) groups is 1. The summed E-state index contributed by atoms with van der Waals surface area (Å²) in [6.07, 6.45) is 3.66. The van der Waals surface area contributed by atoms with Crippen LogP contribution in [-0.2, 0) is 6.54 Å². The van der Waals surface area contributed by atoms with Gasteiger partial charge >= 0.3 is 0 Å². The van der Waals surface area contributed by atoms with Crippen molar-refractivity contribution in [1.29, 1.82) is 0 Å². The predicted molar refractivity (Wildman–Crippen MR) is 104 cm³/mol. The van der Waals surface area contributed by atoms with Crippen molar-refractivity contribution in [2.24, 2.45) is 5.92 Å². The van der Waals surface area contributed by atoms with Crippen LogP contribution in [0.2, 0.25) is 0 Å². The van der Waals surface area contributed by atoms with Gasteiger partial charge in [0.15, 0.2) is 0 Å². The van der Waals surface area contributed by atoms with Crippen molar-refractivity contribution in [3.63, 3.8) is 0 Å². The number of rotatable bonds is 6. The minimum atomic E-state index is -0.0632. The predicted octanol–water partition coefficient (Wildman–Crippen LogP) is 2.42. The van der Waals surface area contributed by atoms with Gasteiger partial charge in [0, 0.05) is 57.0 Å². The number of nitrogens with one attached hydrogen (secondary N) is 1. The van der Waals surface area contributed by atoms with Crippen LogP contribution in [-0.4, -0.2) is 45.6 Å². The largest absolute Gasteiger partial charge is 0.425 e. The first-order chi connectivity index (χ1) is 13.7. The van der Waals surface area contributed by atoms with E-state index in [1.807, 2.05) is 42.6 Å². The molecule has 0 radical (unpaired) electrons. The number of benzene rings is 1. The Labute approximate surface area is 163 Å². The van der Waals surface area contributed by atoms with Crippen molar-refractivity contribution in [2.45, 2.75) is 19.4 Å². The lowest BCUT2D eigenvalue weighted by atomic mass is 9.96. The molecule has 3 aromatic rings. The molecule has 0 aliphatic carbocycles. The van der Waals surface area contributed by atoms with Crippen molar-refractivity contribution in [3.8, 4) is 0 Å². The average Bonchev–Trinajstić information content (AvgIpc) is 3.33. The monoisotopic (exact) mass is 377 g/mol. The van der Waals surface area contributed by atoms with Crippen molar-refractivity contribution in [1.82, 2.24) is 25.4 Å². The molecule has 3 heterocycles. The van der Waals surface area contributed by atoms with Crippen molar-refractivity contribution in [2.75, 3.05) is 19.6 Å². The number of aromatic nitrogens is 3. The van der Waals surface area contributed by atoms with E-state index in [4.69, 9.17) is 4.42 Å². The summed E-state index contributed by atoms with van der Waals surface area (Å²) in [6, 6.07) is 13.3. The zero-order chi connectivity index (χ0) is 19.3. The van der Waals surface area contributed by atoms with Gasteiger partial charge in [-0.15, -0.1) is 10.2 Å². The lowest BCUT2D eigenvalue weighted by Crippen LogP contribution is -2.32. The number of hydrogen-bond acceptors (Lipinski definition) is 6. The summed E-state index contributed by atoms with van der Waals surface area (Å²) in [5.74, 6) is 1.43. The minimum absolute atomic E-state index is 0.0632. The number of pyridine rings is 1. The van der Waals surface area contributed by atoms with Gasteiger partial charge in [-0.1, -0.05) is 24.3 Å². The molecule has 1 fully saturated rings. The molecule has 1 saturated heterocycles. The van der Waals surface area contributed by atoms with Crippen LogP contribution in [0.5, 0.6) is 0 Å². The van der Waals surface area contributed by atoms with Crippen LogP contribution >= 0.6 is 0 Å². The highest BCUT2D eigenvalue weighted by Crippen LogP contribution is 2.32. The quantitative estimate of drug-likeness (QED) is 0.710. The Kier molecular flexibility index (Phi) is 5.43. The second kappa shape index (κ2) is 8.31. The highest BCUT2D eigenvalue weighted by atomic mass is 16.4. The maximum Gasteiger partial charge on any atom is 0.251 e. The molecule has 0 unspecified atom stereocenters. The van der Waals surface area contributed by atoms with Gasteiger partial charge in [-0.2, -0.15) is 0 Å². The standard InChI is InChI=1S/C21H23N5O2/c1-15-24-25-21(28-15)19-14-26(12-16-6-5-9-22-10-16)13-18(19)11-23-20(27)17-7-3-2-4-8-17/h2-10,18-19H,11-14H2,1H3,(H,23,27)/t18-,19-/m0/s1. The molecule has 1 aliphatic heterocycles. The summed E-state index contributed by atoms with van der Waals surface area (Å²) in [7, 11) is 0. The maximum absolute atomic E-state index is 12.4. The van der Waals surface area contributed by atoms with Gasteiger partial charge in [-0.3, -0.25) is 14.7 Å². The third-order valence-electron chi connectivity index (χ3n) is 5.07. The van der Waals surface area contributed by atoms with Crippen LogP contribution < -0.4 is 5.32 Å². The van der Waals surface area contributed by atoms with E-state index in [1.54, 1.807) is 13.1 Å². The molecule has 1 aromatic carbocycles. The summed E-state index contributed by atoms with van der Waals surface area (Å²) >= 11 is 0. The van der Waals surface area contributed by atoms with E-state index < -0.39 is 0 Å². The molecular weight excluding hydrogens is 354 g/mol. The molecule has 1 amide bonds. The van der Waals surface area contributed by atoms with Crippen LogP contribution in [0.1, 0.15) is 33.6 Å². The summed E-state index contributed by atoms with van der Waals surface area (Å²) in [4.78, 5) is 19.0. The van der Waals surface area contributed by atoms with E-state index in [9.17, 15) is 4.79 Å². The molecule has 2 aromatic heterocycles. The zero-order valence-electron chi connectivity index (χ0n) is 15.8. The van der Waals surface area contributed by atoms with E-state index >= 15 is 0 Å². The molecule has 7 heteroatoms. The molecule has 0 spiro atoms. The van der Waals surface area contributed by atoms with Crippen LogP contribution in [0.3, 0.4) is 0 Å². The summed E-state index contributed by atoms with van der Waals surface area (Å²) in [6.45, 7) is 4.81. The van der Waals surface area contributed by atoms with Gasteiger partial charge in [0.25, 0.3) is 5.91 Å². The Morgan fingerprint density at radius 1 is 1.18 bits per heavy atom. The second-order valence-electron chi connectivity index (χ2n) is 7.16. The van der Waals surface area contributed by atoms with Crippen LogP contribution in [0.15, 0.2) is 59.3 Å². The molecule has 144 valence electrons. The number of likely N-dealkylation sites (tertiary alicyclic amines) is 1. The lowest BCUT2D eigenvalue weighted by Gasteiger charge is -2.16. The fourth-order valence-corrected chi connectivity index (χ4v) is 3.70. The smallest absolute Gasteiger partial charge is 0.251 e. The normalized spacial score (nSPS) is 19.6. The van der Waals surface area contributed by atoms with E-state index in [0.717, 1.165) is 25.2 Å². The third-order valence-corrected chi connectivity index (χ3v) is 5.07. The number of hydrogen-bond donors (Lipinski definition) is 1. The average molecular weight is 377 g/mol. The molecule has 4 rings (SSSR count). The second-order valence-corrected chi connectivity index (χ2v) is 7.16. The Morgan fingerprint density at radius 3 is 2.75 bits per heavy atom. The summed E-state index contributed by atoms with van der Waals surface area (Å²) < 4.78 is 5.71. The maximum atomic E-state index is 12.4. The van der Waals surface area contributed by atoms with Crippen LogP contribution in [0, 0.1) is 12.8 Å². The molecule has 7 nitrogen and oxygen atoms in total. The molecule has 0 saturated carbocycles. The zero-order valence-corrected chi connectivity index (χ0v) is 15.8. The van der Waals surface area contributed by atoms with Gasteiger partial charge in [0.1, 0.15) is 0 Å². The molecule has 0 bridgehead atoms. The minimum Gasteiger partial charge on any atom is -0.425 e. The van der Waals surface area contributed by atoms with Crippen molar-refractivity contribution < 1.29 is 9.21 Å². The first-order valence-corrected chi connectivity index (χ1v) is 9.43. The fraction of sp³-hybridized carbons (Fsp3) is 0.333. The molecule has 1 N–H and O–H groups in total. The van der Waals surface area contributed by atoms with Crippen molar-refractivity contribution >= 4 is 5.91 Å². The number of aryl methyl sites for hydroxylation is 1. The van der Waals surface area contributed by atoms with Gasteiger partial charge in [0.2, 0.25) is 11.8 Å². The van der Waals surface area contributed by atoms with E-state index in [1.165, 1.54) is 0 Å². The third kappa shape index (κ3) is 4.26. The highest BCUT2D eigenvalue weighted by molar-refractivity contribution is 5.94. The van der Waals surface area contributed by atoms with E-state index in [2.05, 4.69) is 31.5 Å². The summed E-state index contributed by atoms with van der Waals surface area (Å²) in [5, 5.41) is 11.3.